The number of methoxy groups -OCH3 is 1. The number of rotatable bonds is 3. The van der Waals surface area contributed by atoms with Crippen LogP contribution in [0.4, 0.5) is 5.95 Å². The molecular formula is C13H12BrN5O. The summed E-state index contributed by atoms with van der Waals surface area (Å²) in [5.41, 5.74) is 8.47. The van der Waals surface area contributed by atoms with Gasteiger partial charge in [-0.15, -0.1) is 0 Å². The van der Waals surface area contributed by atoms with Crippen LogP contribution in [0.25, 0.3) is 11.2 Å². The van der Waals surface area contributed by atoms with Gasteiger partial charge < -0.3 is 10.5 Å². The third kappa shape index (κ3) is 2.32. The molecule has 20 heavy (non-hydrogen) atoms. The predicted octanol–water partition coefficient (Wildman–Crippen LogP) is 2.23. The molecule has 7 heteroatoms. The van der Waals surface area contributed by atoms with Crippen LogP contribution in [-0.2, 0) is 6.54 Å². The Bertz CT molecular complexity index is 753. The monoisotopic (exact) mass is 333 g/mol. The number of imidazole rings is 1. The number of nitrogen functional groups attached to an aromatic ring is 1. The van der Waals surface area contributed by atoms with E-state index < -0.39 is 0 Å². The van der Waals surface area contributed by atoms with E-state index in [1.54, 1.807) is 19.5 Å². The van der Waals surface area contributed by atoms with Crippen LogP contribution in [-0.4, -0.2) is 26.6 Å². The first-order valence-corrected chi connectivity index (χ1v) is 6.73. The Morgan fingerprint density at radius 1 is 1.30 bits per heavy atom. The van der Waals surface area contributed by atoms with Crippen molar-refractivity contribution >= 4 is 33.0 Å². The molecule has 3 aromatic rings. The number of halogens is 1. The zero-order chi connectivity index (χ0) is 14.1. The maximum atomic E-state index is 5.96. The summed E-state index contributed by atoms with van der Waals surface area (Å²) in [6.45, 7) is 0.563. The van der Waals surface area contributed by atoms with Gasteiger partial charge in [0.25, 0.3) is 0 Å². The Hall–Kier alpha value is -2.15. The van der Waals surface area contributed by atoms with Crippen molar-refractivity contribution in [1.29, 1.82) is 0 Å². The number of ether oxygens (including phenoxy) is 1. The van der Waals surface area contributed by atoms with E-state index in [1.807, 2.05) is 22.8 Å². The van der Waals surface area contributed by atoms with Crippen LogP contribution in [0.3, 0.4) is 0 Å². The number of aromatic nitrogens is 4. The smallest absolute Gasteiger partial charge is 0.212 e. The average Bonchev–Trinajstić information content (AvgIpc) is 2.75. The summed E-state index contributed by atoms with van der Waals surface area (Å²) in [6.07, 6.45) is 3.48. The van der Waals surface area contributed by atoms with Crippen LogP contribution in [0.5, 0.6) is 5.88 Å². The molecule has 0 spiro atoms. The highest BCUT2D eigenvalue weighted by molar-refractivity contribution is 9.10. The molecule has 3 aromatic heterocycles. The van der Waals surface area contributed by atoms with Gasteiger partial charge in [-0.1, -0.05) is 6.07 Å². The Kier molecular flexibility index (Phi) is 3.27. The minimum absolute atomic E-state index is 0.432. The second-order valence-corrected chi connectivity index (χ2v) is 5.18. The lowest BCUT2D eigenvalue weighted by atomic mass is 10.3. The summed E-state index contributed by atoms with van der Waals surface area (Å²) in [5, 5.41) is 0. The second kappa shape index (κ2) is 5.09. The van der Waals surface area contributed by atoms with Crippen LogP contribution >= 0.6 is 15.9 Å². The Morgan fingerprint density at radius 3 is 2.85 bits per heavy atom. The third-order valence-electron chi connectivity index (χ3n) is 2.93. The van der Waals surface area contributed by atoms with Gasteiger partial charge in [0, 0.05) is 22.9 Å². The van der Waals surface area contributed by atoms with E-state index >= 15 is 0 Å². The van der Waals surface area contributed by atoms with Crippen molar-refractivity contribution in [2.75, 3.05) is 12.8 Å². The zero-order valence-electron chi connectivity index (χ0n) is 10.7. The molecule has 102 valence electrons. The van der Waals surface area contributed by atoms with Crippen LogP contribution < -0.4 is 10.5 Å². The summed E-state index contributed by atoms with van der Waals surface area (Å²) in [7, 11) is 1.59. The molecule has 0 aromatic carbocycles. The summed E-state index contributed by atoms with van der Waals surface area (Å²) in [6, 6.07) is 5.64. The molecule has 0 saturated carbocycles. The molecule has 6 nitrogen and oxygen atoms in total. The van der Waals surface area contributed by atoms with Crippen molar-refractivity contribution in [1.82, 2.24) is 19.5 Å². The van der Waals surface area contributed by atoms with Gasteiger partial charge in [-0.25, -0.2) is 15.0 Å². The summed E-state index contributed by atoms with van der Waals surface area (Å²) < 4.78 is 7.77. The van der Waals surface area contributed by atoms with Gasteiger partial charge >= 0.3 is 0 Å². The molecule has 0 radical (unpaired) electrons. The number of anilines is 1. The Balaban J connectivity index is 1.99. The van der Waals surface area contributed by atoms with Gasteiger partial charge in [0.05, 0.1) is 13.7 Å². The fourth-order valence-corrected chi connectivity index (χ4v) is 2.29. The van der Waals surface area contributed by atoms with Crippen molar-refractivity contribution in [2.45, 2.75) is 6.54 Å². The van der Waals surface area contributed by atoms with E-state index in [-0.39, 0.29) is 0 Å². The third-order valence-corrected chi connectivity index (χ3v) is 3.36. The van der Waals surface area contributed by atoms with Gasteiger partial charge in [-0.2, -0.15) is 0 Å². The fraction of sp³-hybridized carbons (Fsp3) is 0.154. The van der Waals surface area contributed by atoms with Crippen molar-refractivity contribution in [2.24, 2.45) is 0 Å². The topological polar surface area (TPSA) is 78.9 Å². The first-order chi connectivity index (χ1) is 9.67. The molecule has 0 amide bonds. The number of pyridine rings is 2. The molecule has 3 heterocycles. The lowest BCUT2D eigenvalue weighted by Crippen LogP contribution is -2.05. The van der Waals surface area contributed by atoms with Gasteiger partial charge in [0.1, 0.15) is 5.52 Å². The van der Waals surface area contributed by atoms with Gasteiger partial charge in [-0.05, 0) is 27.6 Å². The van der Waals surface area contributed by atoms with Gasteiger partial charge in [-0.3, -0.25) is 4.57 Å². The molecule has 0 aliphatic heterocycles. The van der Waals surface area contributed by atoms with Crippen molar-refractivity contribution < 1.29 is 4.74 Å². The summed E-state index contributed by atoms with van der Waals surface area (Å²) >= 11 is 3.37. The zero-order valence-corrected chi connectivity index (χ0v) is 12.3. The molecule has 0 saturated heterocycles. The summed E-state index contributed by atoms with van der Waals surface area (Å²) in [5.74, 6) is 1.01. The van der Waals surface area contributed by atoms with Crippen molar-refractivity contribution in [3.8, 4) is 5.88 Å². The largest absolute Gasteiger partial charge is 0.481 e. The van der Waals surface area contributed by atoms with E-state index in [2.05, 4.69) is 30.9 Å². The first kappa shape index (κ1) is 12.9. The molecule has 2 N–H and O–H groups in total. The number of hydrogen-bond donors (Lipinski definition) is 1. The van der Waals surface area contributed by atoms with Gasteiger partial charge in [0.2, 0.25) is 11.8 Å². The number of nitrogens with two attached hydrogens (primary N) is 1. The predicted molar refractivity (Wildman–Crippen MR) is 79.5 cm³/mol. The molecule has 0 fully saturated rings. The van der Waals surface area contributed by atoms with Crippen molar-refractivity contribution in [3.05, 3.63) is 40.6 Å². The van der Waals surface area contributed by atoms with Crippen LogP contribution in [0.15, 0.2) is 35.1 Å². The first-order valence-electron chi connectivity index (χ1n) is 5.93. The number of nitrogens with zero attached hydrogens (tertiary/aromatic N) is 4. The number of fused-ring (bicyclic) bond motifs is 1. The number of hydrogen-bond acceptors (Lipinski definition) is 5. The lowest BCUT2D eigenvalue weighted by molar-refractivity contribution is 0.397. The Labute approximate surface area is 123 Å². The second-order valence-electron chi connectivity index (χ2n) is 4.26. The van der Waals surface area contributed by atoms with Crippen LogP contribution in [0.2, 0.25) is 0 Å². The maximum absolute atomic E-state index is 5.96. The SMILES string of the molecule is COc1ccc(Cn2c(N)nc3cc(Br)cnc32)cn1. The average molecular weight is 334 g/mol. The minimum Gasteiger partial charge on any atom is -0.481 e. The van der Waals surface area contributed by atoms with E-state index in [9.17, 15) is 0 Å². The van der Waals surface area contributed by atoms with E-state index in [4.69, 9.17) is 10.5 Å². The molecule has 0 bridgehead atoms. The lowest BCUT2D eigenvalue weighted by Gasteiger charge is -2.06. The van der Waals surface area contributed by atoms with E-state index in [0.717, 1.165) is 21.2 Å². The van der Waals surface area contributed by atoms with Gasteiger partial charge in [0.15, 0.2) is 5.65 Å². The molecular weight excluding hydrogens is 322 g/mol. The fourth-order valence-electron chi connectivity index (χ4n) is 1.97. The van der Waals surface area contributed by atoms with E-state index in [1.165, 1.54) is 0 Å². The normalized spacial score (nSPS) is 10.9. The van der Waals surface area contributed by atoms with E-state index in [0.29, 0.717) is 18.4 Å². The molecule has 0 aliphatic carbocycles. The summed E-state index contributed by atoms with van der Waals surface area (Å²) in [4.78, 5) is 12.8. The molecule has 3 rings (SSSR count). The minimum atomic E-state index is 0.432. The highest BCUT2D eigenvalue weighted by Crippen LogP contribution is 2.21. The Morgan fingerprint density at radius 2 is 2.15 bits per heavy atom. The quantitative estimate of drug-likeness (QED) is 0.795. The van der Waals surface area contributed by atoms with Crippen LogP contribution in [0, 0.1) is 0 Å². The maximum Gasteiger partial charge on any atom is 0.212 e. The van der Waals surface area contributed by atoms with Crippen molar-refractivity contribution in [3.63, 3.8) is 0 Å². The highest BCUT2D eigenvalue weighted by atomic mass is 79.9. The molecule has 0 atom stereocenters. The highest BCUT2D eigenvalue weighted by Gasteiger charge is 2.10. The standard InChI is InChI=1S/C13H12BrN5O/c1-20-11-3-2-8(5-16-11)7-19-12-10(18-13(19)15)4-9(14)6-17-12/h2-6H,7H2,1H3,(H2,15,18). The molecule has 0 unspecified atom stereocenters. The molecule has 0 aliphatic rings. The van der Waals surface area contributed by atoms with Crippen LogP contribution in [0.1, 0.15) is 5.56 Å².